The molecule has 1 amide bonds. The average Bonchev–Trinajstić information content (AvgIpc) is 3.23. The molecule has 0 bridgehead atoms. The van der Waals surface area contributed by atoms with Crippen molar-refractivity contribution in [3.63, 3.8) is 0 Å². The molecule has 0 fully saturated rings. The van der Waals surface area contributed by atoms with Crippen molar-refractivity contribution in [3.8, 4) is 5.69 Å². The molecule has 1 N–H and O–H groups in total. The molecule has 0 aliphatic carbocycles. The summed E-state index contributed by atoms with van der Waals surface area (Å²) in [7, 11) is 0. The van der Waals surface area contributed by atoms with Crippen LogP contribution in [0, 0.1) is 6.92 Å². The predicted molar refractivity (Wildman–Crippen MR) is 125 cm³/mol. The van der Waals surface area contributed by atoms with Crippen LogP contribution >= 0.6 is 0 Å². The standard InChI is InChI=1S/C25H27N5O3/c1-3-32-12-13-33-17-20-7-4-6-19(14-20)15-27-25(31)24-18(2)30(29-28-24)23-9-5-8-21-16-26-11-10-22(21)23/h4-11,14,16H,3,12-13,15,17H2,1-2H3,(H,27,31). The van der Waals surface area contributed by atoms with Crippen molar-refractivity contribution in [2.24, 2.45) is 0 Å². The van der Waals surface area contributed by atoms with Gasteiger partial charge in [-0.3, -0.25) is 9.78 Å². The van der Waals surface area contributed by atoms with Crippen molar-refractivity contribution < 1.29 is 14.3 Å². The van der Waals surface area contributed by atoms with Gasteiger partial charge in [0, 0.05) is 36.3 Å². The van der Waals surface area contributed by atoms with E-state index in [-0.39, 0.29) is 5.91 Å². The smallest absolute Gasteiger partial charge is 0.274 e. The van der Waals surface area contributed by atoms with Gasteiger partial charge < -0.3 is 14.8 Å². The number of nitrogens with zero attached hydrogens (tertiary/aromatic N) is 4. The monoisotopic (exact) mass is 445 g/mol. The molecule has 0 aliphatic rings. The van der Waals surface area contributed by atoms with Gasteiger partial charge >= 0.3 is 0 Å². The minimum atomic E-state index is -0.265. The summed E-state index contributed by atoms with van der Waals surface area (Å²) in [4.78, 5) is 17.0. The summed E-state index contributed by atoms with van der Waals surface area (Å²) in [5.74, 6) is -0.265. The highest BCUT2D eigenvalue weighted by molar-refractivity contribution is 5.94. The molecule has 0 saturated heterocycles. The second kappa shape index (κ2) is 10.8. The zero-order valence-electron chi connectivity index (χ0n) is 18.8. The van der Waals surface area contributed by atoms with Gasteiger partial charge in [0.25, 0.3) is 5.91 Å². The fourth-order valence-electron chi connectivity index (χ4n) is 3.61. The number of nitrogens with one attached hydrogen (secondary N) is 1. The van der Waals surface area contributed by atoms with E-state index in [4.69, 9.17) is 9.47 Å². The highest BCUT2D eigenvalue weighted by atomic mass is 16.5. The molecule has 2 aromatic heterocycles. The van der Waals surface area contributed by atoms with Crippen molar-refractivity contribution in [1.29, 1.82) is 0 Å². The number of carbonyl (C=O) groups excluding carboxylic acids is 1. The molecule has 0 spiro atoms. The Labute approximate surface area is 192 Å². The van der Waals surface area contributed by atoms with Crippen LogP contribution in [0.1, 0.15) is 34.2 Å². The van der Waals surface area contributed by atoms with Gasteiger partial charge in [0.15, 0.2) is 5.69 Å². The average molecular weight is 446 g/mol. The lowest BCUT2D eigenvalue weighted by molar-refractivity contribution is 0.0453. The van der Waals surface area contributed by atoms with Gasteiger partial charge in [0.05, 0.1) is 31.2 Å². The Morgan fingerprint density at radius 2 is 1.88 bits per heavy atom. The SMILES string of the molecule is CCOCCOCc1cccc(CNC(=O)c2nnn(-c3cccc4cnccc34)c2C)c1. The maximum absolute atomic E-state index is 12.8. The van der Waals surface area contributed by atoms with Crippen LogP contribution in [-0.4, -0.2) is 45.7 Å². The first kappa shape index (κ1) is 22.6. The van der Waals surface area contributed by atoms with Gasteiger partial charge in [0.1, 0.15) is 0 Å². The lowest BCUT2D eigenvalue weighted by Crippen LogP contribution is -2.24. The Morgan fingerprint density at radius 3 is 2.76 bits per heavy atom. The van der Waals surface area contributed by atoms with Gasteiger partial charge in [-0.25, -0.2) is 4.68 Å². The molecule has 2 aromatic carbocycles. The van der Waals surface area contributed by atoms with E-state index in [1.165, 1.54) is 0 Å². The van der Waals surface area contributed by atoms with E-state index in [1.54, 1.807) is 17.1 Å². The Kier molecular flexibility index (Phi) is 7.39. The van der Waals surface area contributed by atoms with E-state index in [0.29, 0.717) is 44.4 Å². The van der Waals surface area contributed by atoms with E-state index >= 15 is 0 Å². The first-order valence-corrected chi connectivity index (χ1v) is 10.9. The van der Waals surface area contributed by atoms with Crippen LogP contribution in [0.25, 0.3) is 16.5 Å². The highest BCUT2D eigenvalue weighted by Gasteiger charge is 2.18. The van der Waals surface area contributed by atoms with Gasteiger partial charge in [0.2, 0.25) is 0 Å². The number of rotatable bonds is 10. The van der Waals surface area contributed by atoms with Crippen LogP contribution in [0.3, 0.4) is 0 Å². The number of aromatic nitrogens is 4. The van der Waals surface area contributed by atoms with Crippen molar-refractivity contribution >= 4 is 16.7 Å². The molecular formula is C25H27N5O3. The van der Waals surface area contributed by atoms with Gasteiger partial charge in [-0.2, -0.15) is 0 Å². The largest absolute Gasteiger partial charge is 0.379 e. The van der Waals surface area contributed by atoms with Crippen LogP contribution in [0.5, 0.6) is 0 Å². The highest BCUT2D eigenvalue weighted by Crippen LogP contribution is 2.22. The lowest BCUT2D eigenvalue weighted by atomic mass is 10.1. The van der Waals surface area contributed by atoms with Crippen LogP contribution in [-0.2, 0) is 22.6 Å². The van der Waals surface area contributed by atoms with Crippen LogP contribution in [0.15, 0.2) is 60.9 Å². The summed E-state index contributed by atoms with van der Waals surface area (Å²) in [5.41, 5.74) is 3.87. The molecule has 0 unspecified atom stereocenters. The zero-order chi connectivity index (χ0) is 23.0. The molecule has 4 aromatic rings. The third kappa shape index (κ3) is 5.42. The number of hydrogen-bond donors (Lipinski definition) is 1. The second-order valence-electron chi connectivity index (χ2n) is 7.56. The first-order chi connectivity index (χ1) is 16.2. The van der Waals surface area contributed by atoms with E-state index in [2.05, 4.69) is 20.6 Å². The maximum Gasteiger partial charge on any atom is 0.274 e. The maximum atomic E-state index is 12.8. The molecule has 4 rings (SSSR count). The summed E-state index contributed by atoms with van der Waals surface area (Å²) in [6, 6.07) is 15.8. The third-order valence-electron chi connectivity index (χ3n) is 5.28. The van der Waals surface area contributed by atoms with Crippen LogP contribution < -0.4 is 5.32 Å². The molecule has 0 radical (unpaired) electrons. The van der Waals surface area contributed by atoms with Crippen LogP contribution in [0.4, 0.5) is 0 Å². The summed E-state index contributed by atoms with van der Waals surface area (Å²) in [5, 5.41) is 13.3. The molecule has 170 valence electrons. The fourth-order valence-corrected chi connectivity index (χ4v) is 3.61. The minimum absolute atomic E-state index is 0.265. The molecule has 2 heterocycles. The summed E-state index contributed by atoms with van der Waals surface area (Å²) in [6.45, 7) is 6.51. The Morgan fingerprint density at radius 1 is 1.06 bits per heavy atom. The normalized spacial score (nSPS) is 11.1. The predicted octanol–water partition coefficient (Wildman–Crippen LogP) is 3.61. The van der Waals surface area contributed by atoms with Crippen LogP contribution in [0.2, 0.25) is 0 Å². The molecule has 33 heavy (non-hydrogen) atoms. The molecule has 0 saturated carbocycles. The number of hydrogen-bond acceptors (Lipinski definition) is 6. The molecule has 0 aliphatic heterocycles. The molecule has 0 atom stereocenters. The lowest BCUT2D eigenvalue weighted by Gasteiger charge is -2.09. The Bertz CT molecular complexity index is 1230. The molecule has 8 heteroatoms. The Hall–Kier alpha value is -3.62. The Balaban J connectivity index is 1.41. The summed E-state index contributed by atoms with van der Waals surface area (Å²) in [6.07, 6.45) is 3.54. The quantitative estimate of drug-likeness (QED) is 0.375. The van der Waals surface area contributed by atoms with Gasteiger partial charge in [-0.15, -0.1) is 5.10 Å². The summed E-state index contributed by atoms with van der Waals surface area (Å²) < 4.78 is 12.6. The number of fused-ring (bicyclic) bond motifs is 1. The van der Waals surface area contributed by atoms with Crippen molar-refractivity contribution in [3.05, 3.63) is 83.4 Å². The van der Waals surface area contributed by atoms with E-state index in [9.17, 15) is 4.79 Å². The van der Waals surface area contributed by atoms with Crippen molar-refractivity contribution in [2.45, 2.75) is 27.0 Å². The summed E-state index contributed by atoms with van der Waals surface area (Å²) >= 11 is 0. The number of pyridine rings is 1. The number of amides is 1. The van der Waals surface area contributed by atoms with E-state index in [0.717, 1.165) is 27.6 Å². The van der Waals surface area contributed by atoms with Crippen molar-refractivity contribution in [2.75, 3.05) is 19.8 Å². The topological polar surface area (TPSA) is 91.2 Å². The number of ether oxygens (including phenoxy) is 2. The molecular weight excluding hydrogens is 418 g/mol. The molecule has 8 nitrogen and oxygen atoms in total. The number of carbonyl (C=O) groups is 1. The minimum Gasteiger partial charge on any atom is -0.379 e. The first-order valence-electron chi connectivity index (χ1n) is 10.9. The van der Waals surface area contributed by atoms with Gasteiger partial charge in [-0.1, -0.05) is 41.6 Å². The van der Waals surface area contributed by atoms with Gasteiger partial charge in [-0.05, 0) is 37.1 Å². The second-order valence-corrected chi connectivity index (χ2v) is 7.56. The fraction of sp³-hybridized carbons (Fsp3) is 0.280. The van der Waals surface area contributed by atoms with E-state index < -0.39 is 0 Å². The van der Waals surface area contributed by atoms with Crippen molar-refractivity contribution in [1.82, 2.24) is 25.3 Å². The zero-order valence-corrected chi connectivity index (χ0v) is 18.8. The third-order valence-corrected chi connectivity index (χ3v) is 5.28. The number of benzene rings is 2. The van der Waals surface area contributed by atoms with E-state index in [1.807, 2.05) is 62.4 Å².